The average molecular weight is 410 g/mol. The van der Waals surface area contributed by atoms with Gasteiger partial charge in [-0.15, -0.1) is 11.8 Å². The fourth-order valence-electron chi connectivity index (χ4n) is 3.31. The number of aromatic hydroxyl groups is 1. The van der Waals surface area contributed by atoms with E-state index in [2.05, 4.69) is 12.1 Å². The standard InChI is InChI=1S/C21H19N3O2S2/c1-23-19(25)18(20(26)24(2)21(23)27)15-12-17(13-8-4-3-5-9-13)28-16-11-7-6-10-14(16)22-15/h3-11,17,25H,12H2,1-2H3. The molecule has 7 heteroatoms. The van der Waals surface area contributed by atoms with Crippen molar-refractivity contribution in [1.82, 2.24) is 9.13 Å². The summed E-state index contributed by atoms with van der Waals surface area (Å²) in [5.74, 6) is -0.150. The number of hydrogen-bond donors (Lipinski definition) is 1. The third kappa shape index (κ3) is 3.21. The van der Waals surface area contributed by atoms with E-state index in [1.54, 1.807) is 25.9 Å². The molecular weight excluding hydrogens is 390 g/mol. The normalized spacial score (nSPS) is 16.2. The lowest BCUT2D eigenvalue weighted by Crippen LogP contribution is -2.29. The molecular formula is C21H19N3O2S2. The van der Waals surface area contributed by atoms with Crippen LogP contribution in [-0.2, 0) is 14.1 Å². The maximum atomic E-state index is 13.0. The van der Waals surface area contributed by atoms with E-state index >= 15 is 0 Å². The van der Waals surface area contributed by atoms with Crippen molar-refractivity contribution in [2.75, 3.05) is 0 Å². The van der Waals surface area contributed by atoms with Crippen LogP contribution in [0.2, 0.25) is 0 Å². The van der Waals surface area contributed by atoms with Crippen LogP contribution in [0.25, 0.3) is 0 Å². The van der Waals surface area contributed by atoms with Crippen LogP contribution in [0.3, 0.4) is 0 Å². The van der Waals surface area contributed by atoms with Gasteiger partial charge in [-0.3, -0.25) is 18.9 Å². The minimum absolute atomic E-state index is 0.0705. The van der Waals surface area contributed by atoms with E-state index in [4.69, 9.17) is 17.2 Å². The molecule has 1 N–H and O–H groups in total. The number of thioether (sulfide) groups is 1. The molecule has 1 atom stereocenters. The van der Waals surface area contributed by atoms with Crippen molar-refractivity contribution in [2.24, 2.45) is 19.1 Å². The summed E-state index contributed by atoms with van der Waals surface area (Å²) in [7, 11) is 3.26. The van der Waals surface area contributed by atoms with Crippen molar-refractivity contribution >= 4 is 35.4 Å². The number of para-hydroxylation sites is 1. The Bertz CT molecular complexity index is 1200. The molecule has 1 unspecified atom stereocenters. The topological polar surface area (TPSA) is 59.5 Å². The fourth-order valence-corrected chi connectivity index (χ4v) is 4.71. The van der Waals surface area contributed by atoms with Gasteiger partial charge in [0.15, 0.2) is 4.77 Å². The molecule has 142 valence electrons. The van der Waals surface area contributed by atoms with Crippen molar-refractivity contribution in [3.63, 3.8) is 0 Å². The maximum absolute atomic E-state index is 13.0. The second-order valence-electron chi connectivity index (χ2n) is 6.65. The number of hydrogen-bond acceptors (Lipinski definition) is 5. The number of rotatable bonds is 2. The van der Waals surface area contributed by atoms with Crippen LogP contribution in [0.5, 0.6) is 5.88 Å². The SMILES string of the molecule is Cn1c(O)c(C2=Nc3ccccc3SC(c3ccccc3)C2)c(=O)n(C)c1=S. The summed E-state index contributed by atoms with van der Waals surface area (Å²) in [6.45, 7) is 0. The van der Waals surface area contributed by atoms with Crippen molar-refractivity contribution < 1.29 is 5.11 Å². The van der Waals surface area contributed by atoms with Crippen LogP contribution in [0.1, 0.15) is 22.8 Å². The van der Waals surface area contributed by atoms with Gasteiger partial charge < -0.3 is 5.11 Å². The van der Waals surface area contributed by atoms with E-state index in [9.17, 15) is 9.90 Å². The van der Waals surface area contributed by atoms with E-state index in [1.807, 2.05) is 42.5 Å². The maximum Gasteiger partial charge on any atom is 0.267 e. The monoisotopic (exact) mass is 409 g/mol. The highest BCUT2D eigenvalue weighted by Gasteiger charge is 2.27. The van der Waals surface area contributed by atoms with E-state index in [0.29, 0.717) is 12.1 Å². The second kappa shape index (κ2) is 7.41. The quantitative estimate of drug-likeness (QED) is 0.633. The largest absolute Gasteiger partial charge is 0.494 e. The first-order valence-electron chi connectivity index (χ1n) is 8.85. The molecule has 2 aromatic carbocycles. The van der Waals surface area contributed by atoms with Crippen LogP contribution >= 0.6 is 24.0 Å². The Morgan fingerprint density at radius 3 is 2.50 bits per heavy atom. The molecule has 3 aromatic rings. The molecule has 1 aromatic heterocycles. The zero-order chi connectivity index (χ0) is 19.8. The first-order valence-corrected chi connectivity index (χ1v) is 10.1. The summed E-state index contributed by atoms with van der Waals surface area (Å²) < 4.78 is 3.07. The molecule has 0 aliphatic carbocycles. The zero-order valence-corrected chi connectivity index (χ0v) is 17.1. The Morgan fingerprint density at radius 1 is 1.07 bits per heavy atom. The highest BCUT2D eigenvalue weighted by molar-refractivity contribution is 7.99. The Kier molecular flexibility index (Phi) is 4.95. The highest BCUT2D eigenvalue weighted by Crippen LogP contribution is 2.45. The highest BCUT2D eigenvalue weighted by atomic mass is 32.2. The third-order valence-corrected chi connectivity index (χ3v) is 6.73. The lowest BCUT2D eigenvalue weighted by molar-refractivity contribution is 0.414. The lowest BCUT2D eigenvalue weighted by Gasteiger charge is -2.17. The molecule has 28 heavy (non-hydrogen) atoms. The van der Waals surface area contributed by atoms with Crippen molar-refractivity contribution in [1.29, 1.82) is 0 Å². The van der Waals surface area contributed by atoms with Crippen LogP contribution in [0.4, 0.5) is 5.69 Å². The van der Waals surface area contributed by atoms with Gasteiger partial charge in [0.25, 0.3) is 5.56 Å². The van der Waals surface area contributed by atoms with Gasteiger partial charge in [0.1, 0.15) is 5.56 Å². The van der Waals surface area contributed by atoms with Crippen molar-refractivity contribution in [3.8, 4) is 5.88 Å². The van der Waals surface area contributed by atoms with Gasteiger partial charge in [-0.05, 0) is 29.9 Å². The van der Waals surface area contributed by atoms with Gasteiger partial charge in [0, 0.05) is 30.7 Å². The lowest BCUT2D eigenvalue weighted by atomic mass is 10.0. The van der Waals surface area contributed by atoms with Crippen LogP contribution in [0.15, 0.2) is 69.3 Å². The number of aliphatic imine (C=N–C) groups is 1. The number of nitrogens with zero attached hydrogens (tertiary/aromatic N) is 3. The fraction of sp³-hybridized carbons (Fsp3) is 0.190. The Morgan fingerprint density at radius 2 is 1.75 bits per heavy atom. The van der Waals surface area contributed by atoms with E-state index in [1.165, 1.54) is 9.13 Å². The molecule has 1 aliphatic rings. The summed E-state index contributed by atoms with van der Waals surface area (Å²) in [6, 6.07) is 18.0. The van der Waals surface area contributed by atoms with Gasteiger partial charge in [-0.1, -0.05) is 42.5 Å². The van der Waals surface area contributed by atoms with Gasteiger partial charge in [-0.2, -0.15) is 0 Å². The van der Waals surface area contributed by atoms with Gasteiger partial charge in [0.2, 0.25) is 5.88 Å². The molecule has 0 radical (unpaired) electrons. The van der Waals surface area contributed by atoms with Crippen LogP contribution < -0.4 is 5.56 Å². The molecule has 5 nitrogen and oxygen atoms in total. The van der Waals surface area contributed by atoms with Crippen molar-refractivity contribution in [2.45, 2.75) is 16.6 Å². The van der Waals surface area contributed by atoms with Gasteiger partial charge >= 0.3 is 0 Å². The number of aromatic nitrogens is 2. The predicted octanol–water partition coefficient (Wildman–Crippen LogP) is 4.52. The molecule has 0 bridgehead atoms. The molecule has 1 aliphatic heterocycles. The van der Waals surface area contributed by atoms with E-state index in [-0.39, 0.29) is 27.0 Å². The molecule has 0 fully saturated rings. The zero-order valence-electron chi connectivity index (χ0n) is 15.5. The molecule has 0 saturated heterocycles. The third-order valence-electron chi connectivity index (χ3n) is 4.86. The Balaban J connectivity index is 1.95. The summed E-state index contributed by atoms with van der Waals surface area (Å²) in [5.41, 5.74) is 2.38. The molecule has 0 amide bonds. The molecule has 4 rings (SSSR count). The van der Waals surface area contributed by atoms with Gasteiger partial charge in [0.05, 0.1) is 11.4 Å². The molecule has 2 heterocycles. The molecule has 0 spiro atoms. The number of fused-ring (bicyclic) bond motifs is 1. The van der Waals surface area contributed by atoms with Crippen molar-refractivity contribution in [3.05, 3.63) is 80.8 Å². The summed E-state index contributed by atoms with van der Waals surface area (Å²) >= 11 is 6.96. The number of benzene rings is 2. The summed E-state index contributed by atoms with van der Waals surface area (Å²) in [5, 5.41) is 10.8. The minimum atomic E-state index is -0.337. The predicted molar refractivity (Wildman–Crippen MR) is 115 cm³/mol. The van der Waals surface area contributed by atoms with Crippen LogP contribution in [0, 0.1) is 4.77 Å². The first kappa shape index (κ1) is 18.7. The average Bonchev–Trinajstić information content (AvgIpc) is 2.91. The van der Waals surface area contributed by atoms with Gasteiger partial charge in [-0.25, -0.2) is 0 Å². The summed E-state index contributed by atoms with van der Waals surface area (Å²) in [4.78, 5) is 18.8. The second-order valence-corrected chi connectivity index (χ2v) is 8.26. The Labute approximate surface area is 172 Å². The van der Waals surface area contributed by atoms with E-state index < -0.39 is 0 Å². The summed E-state index contributed by atoms with van der Waals surface area (Å²) in [6.07, 6.45) is 0.517. The van der Waals surface area contributed by atoms with E-state index in [0.717, 1.165) is 16.1 Å². The Hall–Kier alpha value is -2.64. The minimum Gasteiger partial charge on any atom is -0.494 e. The smallest absolute Gasteiger partial charge is 0.267 e. The van der Waals surface area contributed by atoms with Crippen LogP contribution in [-0.4, -0.2) is 20.0 Å². The first-order chi connectivity index (χ1) is 13.5. The molecule has 0 saturated carbocycles.